The Hall–Kier alpha value is -0.940. The molecule has 96 valence electrons. The summed E-state index contributed by atoms with van der Waals surface area (Å²) in [5.74, 6) is 5.29. The quantitative estimate of drug-likeness (QED) is 0.665. The van der Waals surface area contributed by atoms with Gasteiger partial charge in [-0.3, -0.25) is 11.3 Å². The van der Waals surface area contributed by atoms with Crippen molar-refractivity contribution >= 4 is 22.9 Å². The lowest BCUT2D eigenvalue weighted by molar-refractivity contribution is 0.535. The predicted octanol–water partition coefficient (Wildman–Crippen LogP) is 3.60. The normalized spacial score (nSPS) is 12.7. The summed E-state index contributed by atoms with van der Waals surface area (Å²) in [5.41, 5.74) is 3.29. The monoisotopic (exact) mass is 284 g/mol. The van der Waals surface area contributed by atoms with Gasteiger partial charge in [-0.25, -0.2) is 4.39 Å². The van der Waals surface area contributed by atoms with E-state index in [1.807, 2.05) is 19.1 Å². The average molecular weight is 285 g/mol. The van der Waals surface area contributed by atoms with Crippen LogP contribution in [0.3, 0.4) is 0 Å². The minimum Gasteiger partial charge on any atom is -0.271 e. The minimum atomic E-state index is -0.257. The summed E-state index contributed by atoms with van der Waals surface area (Å²) in [5, 5.41) is 0.532. The largest absolute Gasteiger partial charge is 0.271 e. The van der Waals surface area contributed by atoms with E-state index in [0.717, 1.165) is 4.88 Å². The summed E-state index contributed by atoms with van der Waals surface area (Å²) in [7, 11) is 0. The van der Waals surface area contributed by atoms with Gasteiger partial charge in [0, 0.05) is 14.8 Å². The van der Waals surface area contributed by atoms with Crippen molar-refractivity contribution in [1.29, 1.82) is 0 Å². The van der Waals surface area contributed by atoms with Crippen LogP contribution >= 0.6 is 22.9 Å². The molecule has 5 heteroatoms. The van der Waals surface area contributed by atoms with Crippen molar-refractivity contribution in [3.05, 3.63) is 56.5 Å². The van der Waals surface area contributed by atoms with E-state index >= 15 is 0 Å². The highest BCUT2D eigenvalue weighted by Crippen LogP contribution is 2.27. The number of nitrogens with one attached hydrogen (secondary N) is 1. The van der Waals surface area contributed by atoms with E-state index in [1.165, 1.54) is 10.9 Å². The Morgan fingerprint density at radius 2 is 2.17 bits per heavy atom. The van der Waals surface area contributed by atoms with Gasteiger partial charge in [0.25, 0.3) is 0 Å². The van der Waals surface area contributed by atoms with Crippen molar-refractivity contribution in [1.82, 2.24) is 5.43 Å². The fourth-order valence-electron chi connectivity index (χ4n) is 1.80. The lowest BCUT2D eigenvalue weighted by Crippen LogP contribution is -2.29. The molecule has 2 aromatic rings. The molecule has 18 heavy (non-hydrogen) atoms. The first kappa shape index (κ1) is 13.5. The van der Waals surface area contributed by atoms with E-state index in [9.17, 15) is 4.39 Å². The molecule has 0 aliphatic rings. The molecular weight excluding hydrogens is 271 g/mol. The van der Waals surface area contributed by atoms with Gasteiger partial charge in [-0.05, 0) is 49.2 Å². The van der Waals surface area contributed by atoms with Crippen LogP contribution in [0.25, 0.3) is 0 Å². The smallest absolute Gasteiger partial charge is 0.126 e. The fraction of sp³-hybridized carbons (Fsp3) is 0.231. The van der Waals surface area contributed by atoms with Crippen LogP contribution in [-0.2, 0) is 6.42 Å². The zero-order valence-corrected chi connectivity index (χ0v) is 11.5. The first-order chi connectivity index (χ1) is 8.60. The molecule has 0 amide bonds. The summed E-state index contributed by atoms with van der Waals surface area (Å²) >= 11 is 7.53. The third-order valence-electron chi connectivity index (χ3n) is 2.74. The summed E-state index contributed by atoms with van der Waals surface area (Å²) in [4.78, 5) is 2.30. The Kier molecular flexibility index (Phi) is 4.35. The maximum atomic E-state index is 13.7. The molecule has 2 rings (SSSR count). The van der Waals surface area contributed by atoms with Gasteiger partial charge in [0.1, 0.15) is 5.82 Å². The molecule has 3 N–H and O–H groups in total. The van der Waals surface area contributed by atoms with E-state index < -0.39 is 0 Å². The van der Waals surface area contributed by atoms with Crippen molar-refractivity contribution in [3.8, 4) is 0 Å². The van der Waals surface area contributed by atoms with Crippen LogP contribution in [0.2, 0.25) is 5.02 Å². The van der Waals surface area contributed by atoms with Crippen LogP contribution < -0.4 is 11.3 Å². The Morgan fingerprint density at radius 1 is 1.39 bits per heavy atom. The minimum absolute atomic E-state index is 0.100. The van der Waals surface area contributed by atoms with Crippen LogP contribution in [0.1, 0.15) is 21.4 Å². The molecule has 0 aliphatic heterocycles. The summed E-state index contributed by atoms with van der Waals surface area (Å²) < 4.78 is 13.7. The molecule has 1 unspecified atom stereocenters. The van der Waals surface area contributed by atoms with Crippen molar-refractivity contribution < 1.29 is 4.39 Å². The molecular formula is C13H14ClFN2S. The third-order valence-corrected chi connectivity index (χ3v) is 4.09. The van der Waals surface area contributed by atoms with Gasteiger partial charge in [0.15, 0.2) is 0 Å². The van der Waals surface area contributed by atoms with Crippen molar-refractivity contribution in [2.45, 2.75) is 19.4 Å². The number of thiophene rings is 1. The Labute approximate surface area is 115 Å². The Balaban J connectivity index is 2.22. The number of hydrogen-bond acceptors (Lipinski definition) is 3. The maximum absolute atomic E-state index is 13.7. The van der Waals surface area contributed by atoms with E-state index in [1.54, 1.807) is 23.5 Å². The van der Waals surface area contributed by atoms with Crippen LogP contribution in [0.5, 0.6) is 0 Å². The number of halogens is 2. The van der Waals surface area contributed by atoms with Crippen LogP contribution in [0, 0.1) is 12.7 Å². The van der Waals surface area contributed by atoms with Gasteiger partial charge in [-0.15, -0.1) is 11.3 Å². The predicted molar refractivity (Wildman–Crippen MR) is 74.2 cm³/mol. The number of rotatable bonds is 4. The fourth-order valence-corrected chi connectivity index (χ4v) is 2.93. The molecule has 2 nitrogen and oxygen atoms in total. The van der Waals surface area contributed by atoms with Gasteiger partial charge in [0.2, 0.25) is 0 Å². The number of benzene rings is 1. The average Bonchev–Trinajstić information content (AvgIpc) is 2.77. The highest BCUT2D eigenvalue weighted by atomic mass is 35.5. The first-order valence-corrected chi connectivity index (χ1v) is 6.76. The number of hydrazine groups is 1. The van der Waals surface area contributed by atoms with Crippen molar-refractivity contribution in [3.63, 3.8) is 0 Å². The molecule has 0 saturated heterocycles. The van der Waals surface area contributed by atoms with Crippen LogP contribution in [0.4, 0.5) is 4.39 Å². The zero-order chi connectivity index (χ0) is 13.1. The van der Waals surface area contributed by atoms with Crippen molar-refractivity contribution in [2.75, 3.05) is 0 Å². The SMILES string of the molecule is Cc1ccc(C(Cc2cc(Cl)ccc2F)NN)s1. The van der Waals surface area contributed by atoms with E-state index in [-0.39, 0.29) is 11.9 Å². The summed E-state index contributed by atoms with van der Waals surface area (Å²) in [6, 6.07) is 8.50. The number of hydrogen-bond donors (Lipinski definition) is 2. The lowest BCUT2D eigenvalue weighted by Gasteiger charge is -2.15. The lowest BCUT2D eigenvalue weighted by atomic mass is 10.0. The second-order valence-corrected chi connectivity index (χ2v) is 5.86. The zero-order valence-electron chi connectivity index (χ0n) is 9.91. The van der Waals surface area contributed by atoms with Gasteiger partial charge in [-0.2, -0.15) is 0 Å². The van der Waals surface area contributed by atoms with Gasteiger partial charge in [0.05, 0.1) is 6.04 Å². The van der Waals surface area contributed by atoms with E-state index in [4.69, 9.17) is 17.4 Å². The molecule has 0 bridgehead atoms. The maximum Gasteiger partial charge on any atom is 0.126 e. The molecule has 1 atom stereocenters. The molecule has 1 aromatic carbocycles. The highest BCUT2D eigenvalue weighted by molar-refractivity contribution is 7.12. The molecule has 0 spiro atoms. The van der Waals surface area contributed by atoms with Gasteiger partial charge < -0.3 is 0 Å². The second-order valence-electron chi connectivity index (χ2n) is 4.11. The first-order valence-electron chi connectivity index (χ1n) is 5.56. The molecule has 0 aliphatic carbocycles. The summed E-state index contributed by atoms with van der Waals surface area (Å²) in [6.45, 7) is 2.03. The third kappa shape index (κ3) is 3.09. The van der Waals surface area contributed by atoms with Crippen LogP contribution in [0.15, 0.2) is 30.3 Å². The highest BCUT2D eigenvalue weighted by Gasteiger charge is 2.15. The van der Waals surface area contributed by atoms with Gasteiger partial charge >= 0.3 is 0 Å². The molecule has 0 fully saturated rings. The molecule has 0 saturated carbocycles. The topological polar surface area (TPSA) is 38.0 Å². The van der Waals surface area contributed by atoms with Crippen LogP contribution in [-0.4, -0.2) is 0 Å². The van der Waals surface area contributed by atoms with E-state index in [0.29, 0.717) is 17.0 Å². The van der Waals surface area contributed by atoms with E-state index in [2.05, 4.69) is 5.43 Å². The van der Waals surface area contributed by atoms with Gasteiger partial charge in [-0.1, -0.05) is 11.6 Å². The molecule has 1 aromatic heterocycles. The van der Waals surface area contributed by atoms with Crippen molar-refractivity contribution in [2.24, 2.45) is 5.84 Å². The standard InChI is InChI=1S/C13H14ClFN2S/c1-8-2-5-13(18-8)12(17-16)7-9-6-10(14)3-4-11(9)15/h2-6,12,17H,7,16H2,1H3. The second kappa shape index (κ2) is 5.80. The Bertz CT molecular complexity index is 542. The Morgan fingerprint density at radius 3 is 2.78 bits per heavy atom. The number of aryl methyl sites for hydroxylation is 1. The number of nitrogens with two attached hydrogens (primary N) is 1. The summed E-state index contributed by atoms with van der Waals surface area (Å²) in [6.07, 6.45) is 0.475. The molecule has 1 heterocycles. The molecule has 0 radical (unpaired) electrons.